The lowest BCUT2D eigenvalue weighted by Crippen LogP contribution is -2.46. The van der Waals surface area contributed by atoms with Crippen LogP contribution >= 0.6 is 0 Å². The van der Waals surface area contributed by atoms with Gasteiger partial charge in [0.2, 0.25) is 0 Å². The molecule has 0 aromatic rings. The Bertz CT molecular complexity index is 132. The third-order valence-corrected chi connectivity index (χ3v) is 3.04. The summed E-state index contributed by atoms with van der Waals surface area (Å²) >= 11 is 0. The SMILES string of the molecule is CC.CCCCOC1CC(N(C)CC)C1. The van der Waals surface area contributed by atoms with Crippen molar-refractivity contribution in [3.8, 4) is 0 Å². The van der Waals surface area contributed by atoms with Gasteiger partial charge in [-0.2, -0.15) is 0 Å². The summed E-state index contributed by atoms with van der Waals surface area (Å²) in [5.41, 5.74) is 0. The molecule has 0 N–H and O–H groups in total. The number of rotatable bonds is 6. The van der Waals surface area contributed by atoms with Crippen LogP contribution in [0.1, 0.15) is 53.4 Å². The number of hydrogen-bond acceptors (Lipinski definition) is 2. The van der Waals surface area contributed by atoms with Gasteiger partial charge in [-0.05, 0) is 32.9 Å². The van der Waals surface area contributed by atoms with E-state index in [-0.39, 0.29) is 0 Å². The van der Waals surface area contributed by atoms with Crippen LogP contribution in [0.5, 0.6) is 0 Å². The summed E-state index contributed by atoms with van der Waals surface area (Å²) in [6.45, 7) is 10.5. The first kappa shape index (κ1) is 14.9. The molecular weight excluding hydrogens is 186 g/mol. The predicted octanol–water partition coefficient (Wildman–Crippen LogP) is 3.31. The van der Waals surface area contributed by atoms with Crippen LogP contribution in [0.25, 0.3) is 0 Å². The van der Waals surface area contributed by atoms with Crippen molar-refractivity contribution in [2.75, 3.05) is 20.2 Å². The second-order valence-corrected chi connectivity index (χ2v) is 4.04. The van der Waals surface area contributed by atoms with Crippen LogP contribution in [0, 0.1) is 0 Å². The maximum absolute atomic E-state index is 5.72. The molecule has 15 heavy (non-hydrogen) atoms. The third kappa shape index (κ3) is 5.53. The largest absolute Gasteiger partial charge is 0.378 e. The Hall–Kier alpha value is -0.0800. The predicted molar refractivity (Wildman–Crippen MR) is 67.3 cm³/mol. The van der Waals surface area contributed by atoms with Gasteiger partial charge in [0, 0.05) is 12.6 Å². The van der Waals surface area contributed by atoms with Crippen LogP contribution in [0.2, 0.25) is 0 Å². The fourth-order valence-corrected chi connectivity index (χ4v) is 1.69. The lowest BCUT2D eigenvalue weighted by molar-refractivity contribution is -0.0447. The molecule has 0 atom stereocenters. The fourth-order valence-electron chi connectivity index (χ4n) is 1.69. The van der Waals surface area contributed by atoms with Crippen molar-refractivity contribution < 1.29 is 4.74 Å². The normalized spacial score (nSPS) is 24.4. The summed E-state index contributed by atoms with van der Waals surface area (Å²) in [4.78, 5) is 2.42. The Labute approximate surface area is 96.0 Å². The summed E-state index contributed by atoms with van der Waals surface area (Å²) in [6, 6.07) is 0.789. The molecule has 0 aromatic heterocycles. The molecule has 2 heteroatoms. The van der Waals surface area contributed by atoms with Crippen LogP contribution in [0.3, 0.4) is 0 Å². The maximum Gasteiger partial charge on any atom is 0.0605 e. The van der Waals surface area contributed by atoms with Gasteiger partial charge in [-0.15, -0.1) is 0 Å². The molecule has 0 unspecified atom stereocenters. The van der Waals surface area contributed by atoms with E-state index >= 15 is 0 Å². The van der Waals surface area contributed by atoms with Crippen LogP contribution in [-0.4, -0.2) is 37.2 Å². The Kier molecular flexibility index (Phi) is 9.12. The molecule has 2 nitrogen and oxygen atoms in total. The molecule has 0 heterocycles. The summed E-state index contributed by atoms with van der Waals surface area (Å²) in [7, 11) is 2.20. The van der Waals surface area contributed by atoms with Gasteiger partial charge in [0.05, 0.1) is 6.10 Å². The van der Waals surface area contributed by atoms with E-state index in [0.717, 1.165) is 19.2 Å². The second-order valence-electron chi connectivity index (χ2n) is 4.04. The number of ether oxygens (including phenoxy) is 1. The highest BCUT2D eigenvalue weighted by atomic mass is 16.5. The molecule has 92 valence electrons. The minimum absolute atomic E-state index is 0.561. The van der Waals surface area contributed by atoms with E-state index in [2.05, 4.69) is 25.8 Å². The van der Waals surface area contributed by atoms with Gasteiger partial charge in [-0.1, -0.05) is 34.1 Å². The highest BCUT2D eigenvalue weighted by Gasteiger charge is 2.31. The van der Waals surface area contributed by atoms with Crippen molar-refractivity contribution in [1.29, 1.82) is 0 Å². The lowest BCUT2D eigenvalue weighted by atomic mass is 9.88. The van der Waals surface area contributed by atoms with E-state index in [1.54, 1.807) is 0 Å². The van der Waals surface area contributed by atoms with E-state index < -0.39 is 0 Å². The molecule has 1 fully saturated rings. The Balaban J connectivity index is 0.000000921. The minimum atomic E-state index is 0.561. The maximum atomic E-state index is 5.72. The first-order valence-corrected chi connectivity index (χ1v) is 6.59. The molecular formula is C13H29NO. The third-order valence-electron chi connectivity index (χ3n) is 3.04. The quantitative estimate of drug-likeness (QED) is 0.630. The van der Waals surface area contributed by atoms with Gasteiger partial charge >= 0.3 is 0 Å². The second kappa shape index (κ2) is 9.17. The lowest BCUT2D eigenvalue weighted by Gasteiger charge is -2.40. The van der Waals surface area contributed by atoms with Crippen molar-refractivity contribution in [2.45, 2.75) is 65.5 Å². The average molecular weight is 215 g/mol. The number of hydrogen-bond donors (Lipinski definition) is 0. The number of nitrogens with zero attached hydrogens (tertiary/aromatic N) is 1. The van der Waals surface area contributed by atoms with Crippen molar-refractivity contribution in [1.82, 2.24) is 4.90 Å². The van der Waals surface area contributed by atoms with Gasteiger partial charge in [0.25, 0.3) is 0 Å². The van der Waals surface area contributed by atoms with E-state index in [1.165, 1.54) is 25.7 Å². The number of unbranched alkanes of at least 4 members (excludes halogenated alkanes) is 1. The van der Waals surface area contributed by atoms with Gasteiger partial charge in [-0.25, -0.2) is 0 Å². The summed E-state index contributed by atoms with van der Waals surface area (Å²) in [5.74, 6) is 0. The molecule has 0 radical (unpaired) electrons. The Morgan fingerprint density at radius 3 is 2.27 bits per heavy atom. The monoisotopic (exact) mass is 215 g/mol. The van der Waals surface area contributed by atoms with Gasteiger partial charge in [-0.3, -0.25) is 0 Å². The fraction of sp³-hybridized carbons (Fsp3) is 1.00. The molecule has 0 spiro atoms. The summed E-state index contributed by atoms with van der Waals surface area (Å²) < 4.78 is 5.72. The molecule has 0 bridgehead atoms. The molecule has 0 aromatic carbocycles. The molecule has 1 aliphatic rings. The minimum Gasteiger partial charge on any atom is -0.378 e. The first-order chi connectivity index (χ1) is 7.27. The summed E-state index contributed by atoms with van der Waals surface area (Å²) in [5, 5.41) is 0. The van der Waals surface area contributed by atoms with Crippen molar-refractivity contribution >= 4 is 0 Å². The highest BCUT2D eigenvalue weighted by molar-refractivity contribution is 4.86. The molecule has 1 saturated carbocycles. The zero-order valence-electron chi connectivity index (χ0n) is 11.3. The smallest absolute Gasteiger partial charge is 0.0605 e. The molecule has 0 amide bonds. The van der Waals surface area contributed by atoms with Gasteiger partial charge in [0.1, 0.15) is 0 Å². The standard InChI is InChI=1S/C11H23NO.C2H6/c1-4-6-7-13-11-8-10(9-11)12(3)5-2;1-2/h10-11H,4-9H2,1-3H3;1-2H3. The molecule has 1 rings (SSSR count). The van der Waals surface area contributed by atoms with E-state index in [0.29, 0.717) is 6.10 Å². The van der Waals surface area contributed by atoms with Crippen LogP contribution in [0.4, 0.5) is 0 Å². The van der Waals surface area contributed by atoms with Gasteiger partial charge in [0.15, 0.2) is 0 Å². The van der Waals surface area contributed by atoms with E-state index in [1.807, 2.05) is 13.8 Å². The van der Waals surface area contributed by atoms with E-state index in [9.17, 15) is 0 Å². The van der Waals surface area contributed by atoms with Crippen LogP contribution in [0.15, 0.2) is 0 Å². The zero-order valence-corrected chi connectivity index (χ0v) is 11.3. The topological polar surface area (TPSA) is 12.5 Å². The van der Waals surface area contributed by atoms with Crippen LogP contribution < -0.4 is 0 Å². The summed E-state index contributed by atoms with van der Waals surface area (Å²) in [6.07, 6.45) is 5.50. The molecule has 0 saturated heterocycles. The average Bonchev–Trinajstić information content (AvgIpc) is 2.23. The zero-order chi connectivity index (χ0) is 11.7. The van der Waals surface area contributed by atoms with Crippen molar-refractivity contribution in [3.63, 3.8) is 0 Å². The van der Waals surface area contributed by atoms with Crippen molar-refractivity contribution in [2.24, 2.45) is 0 Å². The van der Waals surface area contributed by atoms with E-state index in [4.69, 9.17) is 4.74 Å². The Morgan fingerprint density at radius 1 is 1.20 bits per heavy atom. The van der Waals surface area contributed by atoms with Crippen LogP contribution in [-0.2, 0) is 4.74 Å². The Morgan fingerprint density at radius 2 is 1.80 bits per heavy atom. The van der Waals surface area contributed by atoms with Crippen molar-refractivity contribution in [3.05, 3.63) is 0 Å². The van der Waals surface area contributed by atoms with Gasteiger partial charge < -0.3 is 9.64 Å². The molecule has 0 aliphatic heterocycles. The molecule has 1 aliphatic carbocycles. The highest BCUT2D eigenvalue weighted by Crippen LogP contribution is 2.27. The first-order valence-electron chi connectivity index (χ1n) is 6.59.